The van der Waals surface area contributed by atoms with Gasteiger partial charge in [-0.05, 0) is 13.8 Å². The van der Waals surface area contributed by atoms with Crippen LogP contribution in [-0.2, 0) is 22.9 Å². The van der Waals surface area contributed by atoms with Gasteiger partial charge in [0.15, 0.2) is 6.29 Å². The molecular weight excluding hydrogens is 244 g/mol. The second-order valence-electron chi connectivity index (χ2n) is 4.31. The Bertz CT molecular complexity index is 386. The molecule has 0 aliphatic heterocycles. The summed E-state index contributed by atoms with van der Waals surface area (Å²) in [6.45, 7) is 3.47. The second kappa shape index (κ2) is 5.35. The topological polar surface area (TPSA) is 56.5 Å². The van der Waals surface area contributed by atoms with E-state index in [0.717, 1.165) is 11.4 Å². The Kier molecular flexibility index (Phi) is 4.55. The second-order valence-corrected chi connectivity index (χ2v) is 4.68. The molecule has 0 bridgehead atoms. The van der Waals surface area contributed by atoms with Gasteiger partial charge in [0.25, 0.3) is 0 Å². The Morgan fingerprint density at radius 2 is 2.00 bits per heavy atom. The van der Waals surface area contributed by atoms with Gasteiger partial charge in [-0.2, -0.15) is 5.10 Å². The van der Waals surface area contributed by atoms with E-state index in [-0.39, 0.29) is 0 Å². The minimum atomic E-state index is -1.17. The number of nitrogens with zero attached hydrogens (tertiary/aromatic N) is 2. The molecule has 17 heavy (non-hydrogen) atoms. The molecule has 1 N–H and O–H groups in total. The van der Waals surface area contributed by atoms with Gasteiger partial charge in [0, 0.05) is 27.7 Å². The van der Waals surface area contributed by atoms with E-state index >= 15 is 0 Å². The van der Waals surface area contributed by atoms with Crippen molar-refractivity contribution in [1.29, 1.82) is 0 Å². The van der Waals surface area contributed by atoms with Crippen LogP contribution in [0.4, 0.5) is 0 Å². The molecule has 0 fully saturated rings. The van der Waals surface area contributed by atoms with E-state index in [1.807, 2.05) is 6.92 Å². The molecule has 0 amide bonds. The molecule has 1 heterocycles. The molecule has 1 aromatic rings. The third kappa shape index (κ3) is 2.98. The highest BCUT2D eigenvalue weighted by molar-refractivity contribution is 6.31. The van der Waals surface area contributed by atoms with E-state index in [0.29, 0.717) is 11.4 Å². The van der Waals surface area contributed by atoms with Crippen LogP contribution >= 0.6 is 11.6 Å². The maximum atomic E-state index is 10.3. The first-order valence-corrected chi connectivity index (χ1v) is 5.67. The van der Waals surface area contributed by atoms with E-state index < -0.39 is 11.9 Å². The summed E-state index contributed by atoms with van der Waals surface area (Å²) < 4.78 is 11.8. The zero-order valence-corrected chi connectivity index (χ0v) is 11.6. The molecule has 0 spiro atoms. The van der Waals surface area contributed by atoms with Crippen molar-refractivity contribution in [3.05, 3.63) is 16.4 Å². The Morgan fingerprint density at radius 1 is 1.47 bits per heavy atom. The molecule has 0 aliphatic carbocycles. The lowest BCUT2D eigenvalue weighted by Gasteiger charge is -2.30. The largest absolute Gasteiger partial charge is 0.384 e. The fourth-order valence-electron chi connectivity index (χ4n) is 1.90. The Morgan fingerprint density at radius 3 is 2.35 bits per heavy atom. The summed E-state index contributed by atoms with van der Waals surface area (Å²) in [5, 5.41) is 15.1. The molecular formula is C11H19ClN2O3. The molecule has 1 atom stereocenters. The number of halogens is 1. The number of ether oxygens (including phenoxy) is 2. The predicted octanol–water partition coefficient (Wildman–Crippen LogP) is 1.29. The summed E-state index contributed by atoms with van der Waals surface area (Å²) in [4.78, 5) is 0. The average Bonchev–Trinajstić information content (AvgIpc) is 2.46. The van der Waals surface area contributed by atoms with Gasteiger partial charge in [-0.15, -0.1) is 0 Å². The summed E-state index contributed by atoms with van der Waals surface area (Å²) in [7, 11) is 4.76. The molecule has 0 aliphatic rings. The van der Waals surface area contributed by atoms with E-state index in [1.54, 1.807) is 18.7 Å². The molecule has 0 aromatic carbocycles. The summed E-state index contributed by atoms with van der Waals surface area (Å²) in [6.07, 6.45) is -0.413. The lowest BCUT2D eigenvalue weighted by atomic mass is 9.99. The first-order chi connectivity index (χ1) is 7.83. The maximum Gasteiger partial charge on any atom is 0.185 e. The van der Waals surface area contributed by atoms with Crippen LogP contribution in [0.5, 0.6) is 0 Å². The standard InChI is InChI=1S/C11H19ClN2O3/c1-7-9(12)8(14(3)13-7)6-11(2,15)10(16-4)17-5/h10,15H,6H2,1-5H3. The number of aromatic nitrogens is 2. The van der Waals surface area contributed by atoms with E-state index in [9.17, 15) is 5.11 Å². The molecule has 0 saturated heterocycles. The van der Waals surface area contributed by atoms with Gasteiger partial charge < -0.3 is 14.6 Å². The zero-order chi connectivity index (χ0) is 13.2. The number of aryl methyl sites for hydroxylation is 2. The molecule has 1 unspecified atom stereocenters. The quantitative estimate of drug-likeness (QED) is 0.813. The molecule has 98 valence electrons. The van der Waals surface area contributed by atoms with Crippen molar-refractivity contribution in [2.75, 3.05) is 14.2 Å². The van der Waals surface area contributed by atoms with Crippen molar-refractivity contribution in [3.63, 3.8) is 0 Å². The lowest BCUT2D eigenvalue weighted by Crippen LogP contribution is -2.44. The van der Waals surface area contributed by atoms with Crippen molar-refractivity contribution >= 4 is 11.6 Å². The van der Waals surface area contributed by atoms with Crippen LogP contribution in [0.15, 0.2) is 0 Å². The van der Waals surface area contributed by atoms with Crippen LogP contribution < -0.4 is 0 Å². The molecule has 0 radical (unpaired) electrons. The predicted molar refractivity (Wildman–Crippen MR) is 65.1 cm³/mol. The van der Waals surface area contributed by atoms with Crippen LogP contribution in [0.2, 0.25) is 5.02 Å². The summed E-state index contributed by atoms with van der Waals surface area (Å²) in [6, 6.07) is 0. The van der Waals surface area contributed by atoms with Crippen LogP contribution in [-0.4, -0.2) is 41.0 Å². The fourth-order valence-corrected chi connectivity index (χ4v) is 2.13. The highest BCUT2D eigenvalue weighted by Crippen LogP contribution is 2.26. The van der Waals surface area contributed by atoms with Gasteiger partial charge in [0.1, 0.15) is 5.60 Å². The Hall–Kier alpha value is -0.620. The molecule has 1 aromatic heterocycles. The Balaban J connectivity index is 2.96. The minimum Gasteiger partial charge on any atom is -0.384 e. The number of rotatable bonds is 5. The SMILES string of the molecule is COC(OC)C(C)(O)Cc1c(Cl)c(C)nn1C. The number of methoxy groups -OCH3 is 2. The first-order valence-electron chi connectivity index (χ1n) is 5.29. The summed E-state index contributed by atoms with van der Waals surface area (Å²) >= 11 is 6.14. The van der Waals surface area contributed by atoms with Gasteiger partial charge in [-0.3, -0.25) is 4.68 Å². The number of hydrogen-bond donors (Lipinski definition) is 1. The van der Waals surface area contributed by atoms with Crippen LogP contribution in [0.25, 0.3) is 0 Å². The molecule has 5 nitrogen and oxygen atoms in total. The lowest BCUT2D eigenvalue weighted by molar-refractivity contribution is -0.207. The monoisotopic (exact) mass is 262 g/mol. The smallest absolute Gasteiger partial charge is 0.185 e. The molecule has 1 rings (SSSR count). The third-order valence-corrected chi connectivity index (χ3v) is 3.21. The van der Waals surface area contributed by atoms with Crippen LogP contribution in [0, 0.1) is 6.92 Å². The normalized spacial score (nSPS) is 15.3. The number of aliphatic hydroxyl groups is 1. The van der Waals surface area contributed by atoms with Crippen molar-refractivity contribution in [2.24, 2.45) is 7.05 Å². The van der Waals surface area contributed by atoms with E-state index in [2.05, 4.69) is 5.10 Å². The van der Waals surface area contributed by atoms with Gasteiger partial charge in [0.2, 0.25) is 0 Å². The van der Waals surface area contributed by atoms with Gasteiger partial charge in [-0.1, -0.05) is 11.6 Å². The zero-order valence-electron chi connectivity index (χ0n) is 10.8. The third-order valence-electron chi connectivity index (χ3n) is 2.72. The van der Waals surface area contributed by atoms with Crippen molar-refractivity contribution < 1.29 is 14.6 Å². The van der Waals surface area contributed by atoms with Crippen LogP contribution in [0.3, 0.4) is 0 Å². The maximum absolute atomic E-state index is 10.3. The van der Waals surface area contributed by atoms with Gasteiger partial charge in [0.05, 0.1) is 16.4 Å². The van der Waals surface area contributed by atoms with Gasteiger partial charge in [-0.25, -0.2) is 0 Å². The minimum absolute atomic E-state index is 0.301. The van der Waals surface area contributed by atoms with Gasteiger partial charge >= 0.3 is 0 Å². The average molecular weight is 263 g/mol. The Labute approximate surface area is 106 Å². The highest BCUT2D eigenvalue weighted by Gasteiger charge is 2.34. The fraction of sp³-hybridized carbons (Fsp3) is 0.727. The van der Waals surface area contributed by atoms with Crippen molar-refractivity contribution in [1.82, 2.24) is 9.78 Å². The highest BCUT2D eigenvalue weighted by atomic mass is 35.5. The molecule has 0 saturated carbocycles. The summed E-state index contributed by atoms with van der Waals surface area (Å²) in [5.74, 6) is 0. The van der Waals surface area contributed by atoms with Crippen molar-refractivity contribution in [3.8, 4) is 0 Å². The summed E-state index contributed by atoms with van der Waals surface area (Å²) in [5.41, 5.74) is 0.326. The molecule has 6 heteroatoms. The van der Waals surface area contributed by atoms with E-state index in [4.69, 9.17) is 21.1 Å². The first kappa shape index (κ1) is 14.4. The van der Waals surface area contributed by atoms with Crippen molar-refractivity contribution in [2.45, 2.75) is 32.2 Å². The number of hydrogen-bond acceptors (Lipinski definition) is 4. The van der Waals surface area contributed by atoms with Crippen LogP contribution in [0.1, 0.15) is 18.3 Å². The van der Waals surface area contributed by atoms with E-state index in [1.165, 1.54) is 14.2 Å².